The van der Waals surface area contributed by atoms with E-state index in [9.17, 15) is 4.79 Å². The molecule has 1 aromatic rings. The summed E-state index contributed by atoms with van der Waals surface area (Å²) in [7, 11) is 0. The van der Waals surface area contributed by atoms with Crippen molar-refractivity contribution in [1.82, 2.24) is 0 Å². The number of esters is 1. The molecular formula is C9H10BrNO2. The molecule has 0 fully saturated rings. The Balaban J connectivity index is 2.68. The molecule has 0 radical (unpaired) electrons. The average Bonchev–Trinajstić information content (AvgIpc) is 2.18. The number of carbonyl (C=O) groups is 1. The lowest BCUT2D eigenvalue weighted by molar-refractivity contribution is -0.142. The Kier molecular flexibility index (Phi) is 3.92. The van der Waals surface area contributed by atoms with Gasteiger partial charge in [-0.15, -0.1) is 0 Å². The number of halogens is 1. The molecule has 1 atom stereocenters. The summed E-state index contributed by atoms with van der Waals surface area (Å²) < 4.78 is 4.65. The minimum Gasteiger partial charge on any atom is -0.449 e. The van der Waals surface area contributed by atoms with Crippen LogP contribution in [0.1, 0.15) is 10.4 Å². The van der Waals surface area contributed by atoms with Crippen LogP contribution < -0.4 is 5.73 Å². The predicted molar refractivity (Wildman–Crippen MR) is 53.3 cm³/mol. The maximum atomic E-state index is 11.2. The van der Waals surface area contributed by atoms with Crippen LogP contribution in [-0.2, 0) is 9.53 Å². The molecule has 4 heteroatoms. The van der Waals surface area contributed by atoms with Gasteiger partial charge in [0.25, 0.3) is 0 Å². The van der Waals surface area contributed by atoms with Gasteiger partial charge in [0.2, 0.25) is 0 Å². The summed E-state index contributed by atoms with van der Waals surface area (Å²) in [6.07, 6.45) is 0. The summed E-state index contributed by atoms with van der Waals surface area (Å²) in [6.45, 7) is -0.0895. The molecule has 0 aliphatic heterocycles. The van der Waals surface area contributed by atoms with E-state index in [0.29, 0.717) is 0 Å². The van der Waals surface area contributed by atoms with Crippen molar-refractivity contribution < 1.29 is 9.53 Å². The number of nitrogens with two attached hydrogens (primary N) is 1. The molecule has 0 aromatic heterocycles. The topological polar surface area (TPSA) is 52.3 Å². The fraction of sp³-hybridized carbons (Fsp3) is 0.222. The third-order valence-electron chi connectivity index (χ3n) is 1.52. The molecule has 3 nitrogen and oxygen atoms in total. The Hall–Kier alpha value is -0.870. The van der Waals surface area contributed by atoms with Gasteiger partial charge < -0.3 is 4.74 Å². The number of hydrogen-bond donors (Lipinski definition) is 1. The van der Waals surface area contributed by atoms with Crippen molar-refractivity contribution in [2.24, 2.45) is 5.73 Å². The lowest BCUT2D eigenvalue weighted by atomic mass is 10.1. The van der Waals surface area contributed by atoms with Crippen molar-refractivity contribution in [2.75, 3.05) is 6.73 Å². The van der Waals surface area contributed by atoms with Crippen molar-refractivity contribution in [3.05, 3.63) is 35.9 Å². The zero-order valence-corrected chi connectivity index (χ0v) is 8.53. The first kappa shape index (κ1) is 10.2. The van der Waals surface area contributed by atoms with E-state index in [1.807, 2.05) is 30.3 Å². The van der Waals surface area contributed by atoms with E-state index in [-0.39, 0.29) is 12.7 Å². The van der Waals surface area contributed by atoms with Gasteiger partial charge in [-0.2, -0.15) is 0 Å². The minimum atomic E-state index is -0.433. The minimum absolute atomic E-state index is 0.0895. The largest absolute Gasteiger partial charge is 0.449 e. The highest BCUT2D eigenvalue weighted by Gasteiger charge is 2.17. The average molecular weight is 244 g/mol. The predicted octanol–water partition coefficient (Wildman–Crippen LogP) is 1.58. The highest BCUT2D eigenvalue weighted by Crippen LogP contribution is 2.23. The Morgan fingerprint density at radius 2 is 2.08 bits per heavy atom. The lowest BCUT2D eigenvalue weighted by Crippen LogP contribution is -2.15. The summed E-state index contributed by atoms with van der Waals surface area (Å²) in [6, 6.07) is 9.30. The van der Waals surface area contributed by atoms with Gasteiger partial charge in [-0.25, -0.2) is 0 Å². The van der Waals surface area contributed by atoms with Crippen molar-refractivity contribution in [3.8, 4) is 0 Å². The SMILES string of the molecule is NCOC(=O)C(Br)c1ccccc1. The van der Waals surface area contributed by atoms with Crippen LogP contribution in [0, 0.1) is 0 Å². The molecule has 1 aromatic carbocycles. The Labute approximate surface area is 85.0 Å². The molecule has 0 saturated heterocycles. The van der Waals surface area contributed by atoms with E-state index in [1.54, 1.807) is 0 Å². The summed E-state index contributed by atoms with van der Waals surface area (Å²) >= 11 is 3.22. The van der Waals surface area contributed by atoms with Crippen LogP contribution in [0.25, 0.3) is 0 Å². The Morgan fingerprint density at radius 1 is 1.46 bits per heavy atom. The number of rotatable bonds is 3. The fourth-order valence-electron chi connectivity index (χ4n) is 0.913. The Bertz CT molecular complexity index is 276. The molecule has 0 saturated carbocycles. The Morgan fingerprint density at radius 3 is 2.62 bits per heavy atom. The summed E-state index contributed by atoms with van der Waals surface area (Å²) in [5.41, 5.74) is 5.94. The molecule has 0 spiro atoms. The van der Waals surface area contributed by atoms with Crippen LogP contribution in [0.5, 0.6) is 0 Å². The third-order valence-corrected chi connectivity index (χ3v) is 2.43. The highest BCUT2D eigenvalue weighted by molar-refractivity contribution is 9.09. The third kappa shape index (κ3) is 2.82. The van der Waals surface area contributed by atoms with E-state index in [2.05, 4.69) is 20.7 Å². The van der Waals surface area contributed by atoms with Gasteiger partial charge >= 0.3 is 5.97 Å². The fourth-order valence-corrected chi connectivity index (χ4v) is 1.35. The van der Waals surface area contributed by atoms with E-state index in [4.69, 9.17) is 5.73 Å². The quantitative estimate of drug-likeness (QED) is 0.499. The molecule has 70 valence electrons. The van der Waals surface area contributed by atoms with Crippen molar-refractivity contribution in [1.29, 1.82) is 0 Å². The monoisotopic (exact) mass is 243 g/mol. The van der Waals surface area contributed by atoms with E-state index in [0.717, 1.165) is 5.56 Å². The zero-order valence-electron chi connectivity index (χ0n) is 6.94. The van der Waals surface area contributed by atoms with E-state index >= 15 is 0 Å². The van der Waals surface area contributed by atoms with Gasteiger partial charge in [0.1, 0.15) is 11.6 Å². The second-order valence-electron chi connectivity index (χ2n) is 2.40. The maximum Gasteiger partial charge on any atom is 0.325 e. The molecule has 0 heterocycles. The van der Waals surface area contributed by atoms with Gasteiger partial charge in [0, 0.05) is 0 Å². The first-order valence-electron chi connectivity index (χ1n) is 3.81. The number of ether oxygens (including phenoxy) is 1. The van der Waals surface area contributed by atoms with Gasteiger partial charge in [-0.1, -0.05) is 46.3 Å². The summed E-state index contributed by atoms with van der Waals surface area (Å²) in [5.74, 6) is -0.367. The van der Waals surface area contributed by atoms with Gasteiger partial charge in [0.05, 0.1) is 0 Å². The smallest absolute Gasteiger partial charge is 0.325 e. The molecule has 2 N–H and O–H groups in total. The number of alkyl halides is 1. The van der Waals surface area contributed by atoms with Crippen LogP contribution >= 0.6 is 15.9 Å². The lowest BCUT2D eigenvalue weighted by Gasteiger charge is -2.08. The second kappa shape index (κ2) is 4.99. The number of benzene rings is 1. The van der Waals surface area contributed by atoms with Gasteiger partial charge in [0.15, 0.2) is 0 Å². The molecule has 0 aliphatic rings. The summed E-state index contributed by atoms with van der Waals surface area (Å²) in [5, 5.41) is 0. The molecule has 0 aliphatic carbocycles. The van der Waals surface area contributed by atoms with Crippen LogP contribution in [-0.4, -0.2) is 12.7 Å². The first-order chi connectivity index (χ1) is 6.25. The molecule has 13 heavy (non-hydrogen) atoms. The molecule has 0 bridgehead atoms. The van der Waals surface area contributed by atoms with Crippen molar-refractivity contribution in [3.63, 3.8) is 0 Å². The number of carbonyl (C=O) groups excluding carboxylic acids is 1. The van der Waals surface area contributed by atoms with Crippen LogP contribution in [0.3, 0.4) is 0 Å². The van der Waals surface area contributed by atoms with Crippen molar-refractivity contribution in [2.45, 2.75) is 4.83 Å². The normalized spacial score (nSPS) is 12.2. The highest BCUT2D eigenvalue weighted by atomic mass is 79.9. The number of hydrogen-bond acceptors (Lipinski definition) is 3. The summed E-state index contributed by atoms with van der Waals surface area (Å²) in [4.78, 5) is 10.8. The second-order valence-corrected chi connectivity index (χ2v) is 3.32. The molecule has 1 rings (SSSR count). The van der Waals surface area contributed by atoms with Crippen LogP contribution in [0.2, 0.25) is 0 Å². The van der Waals surface area contributed by atoms with Gasteiger partial charge in [-0.05, 0) is 5.56 Å². The van der Waals surface area contributed by atoms with E-state index < -0.39 is 4.83 Å². The maximum absolute atomic E-state index is 11.2. The van der Waals surface area contributed by atoms with Crippen LogP contribution in [0.4, 0.5) is 0 Å². The molecular weight excluding hydrogens is 234 g/mol. The standard InChI is InChI=1S/C9H10BrNO2/c10-8(9(12)13-6-11)7-4-2-1-3-5-7/h1-5,8H,6,11H2. The molecule has 0 amide bonds. The van der Waals surface area contributed by atoms with Gasteiger partial charge in [-0.3, -0.25) is 10.5 Å². The first-order valence-corrected chi connectivity index (χ1v) is 4.73. The molecule has 1 unspecified atom stereocenters. The van der Waals surface area contributed by atoms with E-state index in [1.165, 1.54) is 0 Å². The van der Waals surface area contributed by atoms with Crippen molar-refractivity contribution >= 4 is 21.9 Å². The zero-order chi connectivity index (χ0) is 9.68. The van der Waals surface area contributed by atoms with Crippen LogP contribution in [0.15, 0.2) is 30.3 Å².